The summed E-state index contributed by atoms with van der Waals surface area (Å²) in [6.07, 6.45) is 2.80. The zero-order valence-electron chi connectivity index (χ0n) is 12.5. The van der Waals surface area contributed by atoms with Gasteiger partial charge in [-0.2, -0.15) is 17.4 Å². The molecule has 7 heteroatoms. The summed E-state index contributed by atoms with van der Waals surface area (Å²) in [7, 11) is -1.41. The summed E-state index contributed by atoms with van der Waals surface area (Å²) in [4.78, 5) is 0. The van der Waals surface area contributed by atoms with Gasteiger partial charge in [0.2, 0.25) is 0 Å². The lowest BCUT2D eigenvalue weighted by Gasteiger charge is -2.32. The van der Waals surface area contributed by atoms with Crippen LogP contribution < -0.4 is 10.0 Å². The normalized spacial score (nSPS) is 27.8. The Kier molecular flexibility index (Phi) is 5.80. The van der Waals surface area contributed by atoms with Gasteiger partial charge in [0.05, 0.1) is 6.61 Å². The van der Waals surface area contributed by atoms with Crippen LogP contribution in [0.3, 0.4) is 0 Å². The summed E-state index contributed by atoms with van der Waals surface area (Å²) >= 11 is 0. The van der Waals surface area contributed by atoms with Gasteiger partial charge in [-0.15, -0.1) is 0 Å². The molecule has 0 aromatic rings. The van der Waals surface area contributed by atoms with Gasteiger partial charge in [0.1, 0.15) is 0 Å². The van der Waals surface area contributed by atoms with Crippen LogP contribution in [0.5, 0.6) is 0 Å². The molecule has 2 aliphatic heterocycles. The van der Waals surface area contributed by atoms with E-state index in [1.165, 1.54) is 0 Å². The lowest BCUT2D eigenvalue weighted by Crippen LogP contribution is -2.50. The quantitative estimate of drug-likeness (QED) is 0.734. The molecular formula is C13H27N3O3S. The van der Waals surface area contributed by atoms with Gasteiger partial charge in [-0.05, 0) is 45.7 Å². The molecule has 0 bridgehead atoms. The van der Waals surface area contributed by atoms with Crippen molar-refractivity contribution in [1.82, 2.24) is 14.3 Å². The van der Waals surface area contributed by atoms with Crippen molar-refractivity contribution in [2.75, 3.05) is 39.9 Å². The van der Waals surface area contributed by atoms with E-state index in [0.29, 0.717) is 31.5 Å². The maximum absolute atomic E-state index is 12.4. The maximum atomic E-state index is 12.4. The molecule has 0 aliphatic carbocycles. The molecule has 2 unspecified atom stereocenters. The Balaban J connectivity index is 1.84. The lowest BCUT2D eigenvalue weighted by molar-refractivity contribution is 0.180. The van der Waals surface area contributed by atoms with E-state index in [2.05, 4.69) is 10.0 Å². The van der Waals surface area contributed by atoms with Gasteiger partial charge in [0, 0.05) is 31.7 Å². The summed E-state index contributed by atoms with van der Waals surface area (Å²) in [5, 5.41) is 3.16. The fourth-order valence-corrected chi connectivity index (χ4v) is 4.50. The van der Waals surface area contributed by atoms with Crippen molar-refractivity contribution in [3.63, 3.8) is 0 Å². The fraction of sp³-hybridized carbons (Fsp3) is 1.00. The van der Waals surface area contributed by atoms with E-state index in [4.69, 9.17) is 4.74 Å². The molecule has 118 valence electrons. The average Bonchev–Trinajstić information content (AvgIpc) is 2.93. The maximum Gasteiger partial charge on any atom is 0.279 e. The molecule has 0 spiro atoms. The first-order valence-corrected chi connectivity index (χ1v) is 8.96. The van der Waals surface area contributed by atoms with E-state index < -0.39 is 10.2 Å². The van der Waals surface area contributed by atoms with Crippen molar-refractivity contribution in [3.05, 3.63) is 0 Å². The molecule has 2 rings (SSSR count). The van der Waals surface area contributed by atoms with Crippen LogP contribution in [0.1, 0.15) is 26.2 Å². The first-order valence-electron chi connectivity index (χ1n) is 7.52. The van der Waals surface area contributed by atoms with Gasteiger partial charge >= 0.3 is 0 Å². The number of ether oxygens (including phenoxy) is 1. The molecule has 2 heterocycles. The SMILES string of the molecule is CNCC1CCN(S(=O)(=O)NC(C)C2CCOC2)CC1. The molecule has 0 aromatic carbocycles. The topological polar surface area (TPSA) is 70.7 Å². The number of piperidine rings is 1. The Hall–Kier alpha value is -0.210. The minimum atomic E-state index is -3.35. The molecule has 2 fully saturated rings. The van der Waals surface area contributed by atoms with Gasteiger partial charge < -0.3 is 10.1 Å². The zero-order chi connectivity index (χ0) is 14.6. The summed E-state index contributed by atoms with van der Waals surface area (Å²) in [5.74, 6) is 0.888. The highest BCUT2D eigenvalue weighted by molar-refractivity contribution is 7.87. The largest absolute Gasteiger partial charge is 0.381 e. The van der Waals surface area contributed by atoms with Crippen molar-refractivity contribution in [1.29, 1.82) is 0 Å². The molecule has 0 radical (unpaired) electrons. The highest BCUT2D eigenvalue weighted by atomic mass is 32.2. The number of hydrogen-bond donors (Lipinski definition) is 2. The number of nitrogens with zero attached hydrogens (tertiary/aromatic N) is 1. The van der Waals surface area contributed by atoms with Crippen molar-refractivity contribution in [2.24, 2.45) is 11.8 Å². The number of rotatable bonds is 6. The molecule has 2 aliphatic rings. The molecular weight excluding hydrogens is 278 g/mol. The third kappa shape index (κ3) is 4.14. The Morgan fingerprint density at radius 1 is 1.30 bits per heavy atom. The van der Waals surface area contributed by atoms with Crippen LogP contribution in [0.2, 0.25) is 0 Å². The van der Waals surface area contributed by atoms with E-state index in [-0.39, 0.29) is 6.04 Å². The predicted octanol–water partition coefficient (Wildman–Crippen LogP) is 0.177. The molecule has 0 saturated carbocycles. The lowest BCUT2D eigenvalue weighted by atomic mass is 9.98. The third-order valence-corrected chi connectivity index (χ3v) is 6.13. The first-order chi connectivity index (χ1) is 9.53. The van der Waals surface area contributed by atoms with E-state index >= 15 is 0 Å². The molecule has 2 N–H and O–H groups in total. The van der Waals surface area contributed by atoms with Crippen molar-refractivity contribution in [2.45, 2.75) is 32.2 Å². The monoisotopic (exact) mass is 305 g/mol. The predicted molar refractivity (Wildman–Crippen MR) is 78.7 cm³/mol. The van der Waals surface area contributed by atoms with Crippen molar-refractivity contribution in [3.8, 4) is 0 Å². The smallest absolute Gasteiger partial charge is 0.279 e. The molecule has 6 nitrogen and oxygen atoms in total. The highest BCUT2D eigenvalue weighted by Crippen LogP contribution is 2.21. The molecule has 0 amide bonds. The van der Waals surface area contributed by atoms with E-state index in [1.807, 2.05) is 14.0 Å². The van der Waals surface area contributed by atoms with Gasteiger partial charge in [0.15, 0.2) is 0 Å². The van der Waals surface area contributed by atoms with Gasteiger partial charge in [-0.3, -0.25) is 0 Å². The highest BCUT2D eigenvalue weighted by Gasteiger charge is 2.31. The van der Waals surface area contributed by atoms with Crippen LogP contribution in [0, 0.1) is 11.8 Å². The fourth-order valence-electron chi connectivity index (χ4n) is 3.00. The summed E-state index contributed by atoms with van der Waals surface area (Å²) in [6.45, 7) is 5.55. The molecule has 2 saturated heterocycles. The second-order valence-electron chi connectivity index (χ2n) is 5.94. The summed E-state index contributed by atoms with van der Waals surface area (Å²) in [5.41, 5.74) is 0. The van der Waals surface area contributed by atoms with Gasteiger partial charge in [0.25, 0.3) is 10.2 Å². The van der Waals surface area contributed by atoms with E-state index in [0.717, 1.165) is 32.4 Å². The van der Waals surface area contributed by atoms with Crippen LogP contribution in [0.15, 0.2) is 0 Å². The third-order valence-electron chi connectivity index (χ3n) is 4.41. The van der Waals surface area contributed by atoms with E-state index in [9.17, 15) is 8.42 Å². The second kappa shape index (κ2) is 7.17. The Morgan fingerprint density at radius 3 is 2.55 bits per heavy atom. The molecule has 0 aromatic heterocycles. The Labute approximate surface area is 122 Å². The van der Waals surface area contributed by atoms with Gasteiger partial charge in [-0.25, -0.2) is 0 Å². The number of hydrogen-bond acceptors (Lipinski definition) is 4. The van der Waals surface area contributed by atoms with Gasteiger partial charge in [-0.1, -0.05) is 0 Å². The van der Waals surface area contributed by atoms with Crippen LogP contribution >= 0.6 is 0 Å². The van der Waals surface area contributed by atoms with Crippen LogP contribution in [-0.2, 0) is 14.9 Å². The van der Waals surface area contributed by atoms with Crippen LogP contribution in [0.4, 0.5) is 0 Å². The Morgan fingerprint density at radius 2 is 2.00 bits per heavy atom. The van der Waals surface area contributed by atoms with Crippen LogP contribution in [-0.4, -0.2) is 58.7 Å². The summed E-state index contributed by atoms with van der Waals surface area (Å²) in [6, 6.07) is -0.0578. The van der Waals surface area contributed by atoms with Crippen molar-refractivity contribution < 1.29 is 13.2 Å². The minimum absolute atomic E-state index is 0.0578. The van der Waals surface area contributed by atoms with Crippen molar-refractivity contribution >= 4 is 10.2 Å². The first kappa shape index (κ1) is 16.2. The number of nitrogens with one attached hydrogen (secondary N) is 2. The van der Waals surface area contributed by atoms with E-state index in [1.54, 1.807) is 4.31 Å². The second-order valence-corrected chi connectivity index (χ2v) is 7.64. The summed E-state index contributed by atoms with van der Waals surface area (Å²) < 4.78 is 34.5. The average molecular weight is 305 g/mol. The Bertz CT molecular complexity index is 388. The zero-order valence-corrected chi connectivity index (χ0v) is 13.3. The minimum Gasteiger partial charge on any atom is -0.381 e. The van der Waals surface area contributed by atoms with Crippen LogP contribution in [0.25, 0.3) is 0 Å². The molecule has 2 atom stereocenters. The molecule has 20 heavy (non-hydrogen) atoms. The standard InChI is InChI=1S/C13H27N3O3S/c1-11(13-5-8-19-10-13)15-20(17,18)16-6-3-12(4-7-16)9-14-2/h11-15H,3-10H2,1-2H3.